The summed E-state index contributed by atoms with van der Waals surface area (Å²) in [6.45, 7) is 0. The minimum atomic E-state index is -0.882. The molecule has 0 radical (unpaired) electrons. The highest BCUT2D eigenvalue weighted by molar-refractivity contribution is 7.99. The van der Waals surface area contributed by atoms with E-state index in [4.69, 9.17) is 5.73 Å². The van der Waals surface area contributed by atoms with Crippen molar-refractivity contribution in [3.05, 3.63) is 29.8 Å². The lowest BCUT2D eigenvalue weighted by Gasteiger charge is -2.25. The van der Waals surface area contributed by atoms with Gasteiger partial charge in [-0.05, 0) is 36.3 Å². The molecular formula is C12H16FNS. The molecule has 1 aromatic carbocycles. The van der Waals surface area contributed by atoms with Crippen molar-refractivity contribution in [1.29, 1.82) is 0 Å². The third kappa shape index (κ3) is 2.46. The van der Waals surface area contributed by atoms with Crippen molar-refractivity contribution in [2.75, 3.05) is 17.2 Å². The molecule has 3 heteroatoms. The van der Waals surface area contributed by atoms with E-state index < -0.39 is 6.17 Å². The van der Waals surface area contributed by atoms with Gasteiger partial charge in [0, 0.05) is 11.3 Å². The number of anilines is 1. The SMILES string of the molecule is Nc1ccccc1C(F)C1CCSCC1. The molecule has 1 unspecified atom stereocenters. The van der Waals surface area contributed by atoms with Crippen LogP contribution in [0.3, 0.4) is 0 Å². The number of nitrogens with two attached hydrogens (primary N) is 1. The summed E-state index contributed by atoms with van der Waals surface area (Å²) in [4.78, 5) is 0. The highest BCUT2D eigenvalue weighted by Crippen LogP contribution is 2.37. The maximum Gasteiger partial charge on any atom is 0.130 e. The van der Waals surface area contributed by atoms with Crippen LogP contribution in [-0.2, 0) is 0 Å². The van der Waals surface area contributed by atoms with Crippen molar-refractivity contribution < 1.29 is 4.39 Å². The molecule has 1 heterocycles. The Bertz CT molecular complexity index is 323. The predicted octanol–water partition coefficient (Wildman–Crippen LogP) is 3.42. The number of hydrogen-bond donors (Lipinski definition) is 1. The topological polar surface area (TPSA) is 26.0 Å². The Morgan fingerprint density at radius 3 is 2.60 bits per heavy atom. The van der Waals surface area contributed by atoms with E-state index in [0.717, 1.165) is 24.3 Å². The van der Waals surface area contributed by atoms with Gasteiger partial charge in [0.25, 0.3) is 0 Å². The summed E-state index contributed by atoms with van der Waals surface area (Å²) < 4.78 is 14.2. The molecule has 15 heavy (non-hydrogen) atoms. The Morgan fingerprint density at radius 2 is 1.93 bits per heavy atom. The molecule has 1 atom stereocenters. The second-order valence-electron chi connectivity index (χ2n) is 3.98. The van der Waals surface area contributed by atoms with Crippen molar-refractivity contribution >= 4 is 17.4 Å². The first-order valence-corrected chi connectivity index (χ1v) is 6.50. The summed E-state index contributed by atoms with van der Waals surface area (Å²) >= 11 is 1.92. The van der Waals surface area contributed by atoms with Crippen LogP contribution in [0.4, 0.5) is 10.1 Å². The van der Waals surface area contributed by atoms with Crippen molar-refractivity contribution in [2.45, 2.75) is 19.0 Å². The van der Waals surface area contributed by atoms with Crippen LogP contribution >= 0.6 is 11.8 Å². The number of alkyl halides is 1. The molecule has 0 aromatic heterocycles. The third-order valence-electron chi connectivity index (χ3n) is 2.97. The van der Waals surface area contributed by atoms with Gasteiger partial charge in [-0.25, -0.2) is 4.39 Å². The van der Waals surface area contributed by atoms with Crippen molar-refractivity contribution in [3.63, 3.8) is 0 Å². The maximum atomic E-state index is 14.2. The summed E-state index contributed by atoms with van der Waals surface area (Å²) in [6, 6.07) is 7.29. The van der Waals surface area contributed by atoms with Gasteiger partial charge in [-0.1, -0.05) is 18.2 Å². The zero-order chi connectivity index (χ0) is 10.7. The average Bonchev–Trinajstić information content (AvgIpc) is 2.30. The molecule has 1 aliphatic rings. The first-order chi connectivity index (χ1) is 7.29. The van der Waals surface area contributed by atoms with Gasteiger partial charge in [0.15, 0.2) is 0 Å². The lowest BCUT2D eigenvalue weighted by atomic mass is 9.91. The van der Waals surface area contributed by atoms with E-state index in [-0.39, 0.29) is 5.92 Å². The van der Waals surface area contributed by atoms with Crippen LogP contribution < -0.4 is 5.73 Å². The van der Waals surface area contributed by atoms with Crippen LogP contribution in [0, 0.1) is 5.92 Å². The minimum Gasteiger partial charge on any atom is -0.398 e. The normalized spacial score (nSPS) is 20.1. The molecule has 0 bridgehead atoms. The van der Waals surface area contributed by atoms with Crippen molar-refractivity contribution in [3.8, 4) is 0 Å². The summed E-state index contributed by atoms with van der Waals surface area (Å²) in [6.07, 6.45) is 1.06. The molecule has 1 saturated heterocycles. The number of para-hydroxylation sites is 1. The van der Waals surface area contributed by atoms with Gasteiger partial charge < -0.3 is 5.73 Å². The lowest BCUT2D eigenvalue weighted by Crippen LogP contribution is -2.16. The van der Waals surface area contributed by atoms with E-state index in [1.54, 1.807) is 6.07 Å². The number of nitrogen functional groups attached to an aromatic ring is 1. The Hall–Kier alpha value is -0.700. The molecule has 1 aromatic rings. The zero-order valence-electron chi connectivity index (χ0n) is 8.66. The molecule has 1 nitrogen and oxygen atoms in total. The van der Waals surface area contributed by atoms with Crippen molar-refractivity contribution in [2.24, 2.45) is 5.92 Å². The molecule has 0 aliphatic carbocycles. The second kappa shape index (κ2) is 4.88. The number of benzene rings is 1. The van der Waals surface area contributed by atoms with Gasteiger partial charge >= 0.3 is 0 Å². The first kappa shape index (κ1) is 10.8. The van der Waals surface area contributed by atoms with E-state index in [1.807, 2.05) is 30.0 Å². The quantitative estimate of drug-likeness (QED) is 0.780. The molecular weight excluding hydrogens is 209 g/mol. The maximum absolute atomic E-state index is 14.2. The molecule has 0 spiro atoms. The fourth-order valence-corrected chi connectivity index (χ4v) is 3.17. The largest absolute Gasteiger partial charge is 0.398 e. The zero-order valence-corrected chi connectivity index (χ0v) is 9.47. The first-order valence-electron chi connectivity index (χ1n) is 5.35. The smallest absolute Gasteiger partial charge is 0.130 e. The fourth-order valence-electron chi connectivity index (χ4n) is 2.02. The van der Waals surface area contributed by atoms with Gasteiger partial charge in [-0.15, -0.1) is 0 Å². The van der Waals surface area contributed by atoms with E-state index >= 15 is 0 Å². The fraction of sp³-hybridized carbons (Fsp3) is 0.500. The van der Waals surface area contributed by atoms with E-state index in [2.05, 4.69) is 0 Å². The monoisotopic (exact) mass is 225 g/mol. The Balaban J connectivity index is 2.12. The number of halogens is 1. The summed E-state index contributed by atoms with van der Waals surface area (Å²) in [5, 5.41) is 0. The van der Waals surface area contributed by atoms with Crippen LogP contribution in [0.1, 0.15) is 24.6 Å². The minimum absolute atomic E-state index is 0.163. The number of thioether (sulfide) groups is 1. The molecule has 2 N–H and O–H groups in total. The van der Waals surface area contributed by atoms with E-state index in [0.29, 0.717) is 11.3 Å². The van der Waals surface area contributed by atoms with Crippen LogP contribution in [0.25, 0.3) is 0 Å². The molecule has 2 rings (SSSR count). The van der Waals surface area contributed by atoms with Crippen LogP contribution in [-0.4, -0.2) is 11.5 Å². The molecule has 1 fully saturated rings. The molecule has 0 saturated carbocycles. The second-order valence-corrected chi connectivity index (χ2v) is 5.21. The predicted molar refractivity (Wildman–Crippen MR) is 64.8 cm³/mol. The van der Waals surface area contributed by atoms with Gasteiger partial charge in [-0.3, -0.25) is 0 Å². The summed E-state index contributed by atoms with van der Waals surface area (Å²) in [5.74, 6) is 2.33. The van der Waals surface area contributed by atoms with E-state index in [1.165, 1.54) is 0 Å². The van der Waals surface area contributed by atoms with Gasteiger partial charge in [0.05, 0.1) is 0 Å². The highest BCUT2D eigenvalue weighted by atomic mass is 32.2. The van der Waals surface area contributed by atoms with Crippen LogP contribution in [0.5, 0.6) is 0 Å². The Morgan fingerprint density at radius 1 is 1.27 bits per heavy atom. The third-order valence-corrected chi connectivity index (χ3v) is 4.02. The van der Waals surface area contributed by atoms with E-state index in [9.17, 15) is 4.39 Å². The lowest BCUT2D eigenvalue weighted by molar-refractivity contribution is 0.220. The van der Waals surface area contributed by atoms with Gasteiger partial charge in [0.2, 0.25) is 0 Å². The molecule has 82 valence electrons. The van der Waals surface area contributed by atoms with Gasteiger partial charge in [-0.2, -0.15) is 11.8 Å². The average molecular weight is 225 g/mol. The van der Waals surface area contributed by atoms with Crippen molar-refractivity contribution in [1.82, 2.24) is 0 Å². The van der Waals surface area contributed by atoms with Crippen LogP contribution in [0.15, 0.2) is 24.3 Å². The standard InChI is InChI=1S/C12H16FNS/c13-12(9-5-7-15-8-6-9)10-3-1-2-4-11(10)14/h1-4,9,12H,5-8,14H2. The Kier molecular flexibility index (Phi) is 3.52. The van der Waals surface area contributed by atoms with Crippen LogP contribution in [0.2, 0.25) is 0 Å². The number of rotatable bonds is 2. The summed E-state index contributed by atoms with van der Waals surface area (Å²) in [5.41, 5.74) is 7.04. The highest BCUT2D eigenvalue weighted by Gasteiger charge is 2.25. The summed E-state index contributed by atoms with van der Waals surface area (Å²) in [7, 11) is 0. The van der Waals surface area contributed by atoms with Gasteiger partial charge in [0.1, 0.15) is 6.17 Å². The number of hydrogen-bond acceptors (Lipinski definition) is 2. The Labute approximate surface area is 94.2 Å². The molecule has 1 aliphatic heterocycles. The molecule has 0 amide bonds.